The molecule has 0 unspecified atom stereocenters. The number of carbonyl (C=O) groups excluding carboxylic acids is 1. The predicted molar refractivity (Wildman–Crippen MR) is 74.4 cm³/mol. The van der Waals surface area contributed by atoms with Gasteiger partial charge in [0.2, 0.25) is 0 Å². The van der Waals surface area contributed by atoms with Crippen LogP contribution in [0.15, 0.2) is 36.5 Å². The molecule has 1 aromatic carbocycles. The highest BCUT2D eigenvalue weighted by Crippen LogP contribution is 2.23. The van der Waals surface area contributed by atoms with Gasteiger partial charge in [-0.1, -0.05) is 6.07 Å². The van der Waals surface area contributed by atoms with Gasteiger partial charge in [0.05, 0.1) is 11.9 Å². The second-order valence-electron chi connectivity index (χ2n) is 4.90. The lowest BCUT2D eigenvalue weighted by Crippen LogP contribution is -2.26. The van der Waals surface area contributed by atoms with E-state index in [1.54, 1.807) is 6.07 Å². The van der Waals surface area contributed by atoms with Crippen LogP contribution in [0.1, 0.15) is 23.3 Å². The van der Waals surface area contributed by atoms with Crippen LogP contribution < -0.4 is 10.6 Å². The molecule has 3 rings (SSSR count). The van der Waals surface area contributed by atoms with Gasteiger partial charge in [-0.2, -0.15) is 0 Å². The lowest BCUT2D eigenvalue weighted by Gasteiger charge is -2.09. The summed E-state index contributed by atoms with van der Waals surface area (Å²) in [4.78, 5) is 15.8. The Hall–Kier alpha value is -2.50. The molecule has 1 aliphatic rings. The third-order valence-corrected chi connectivity index (χ3v) is 3.14. The van der Waals surface area contributed by atoms with Gasteiger partial charge < -0.3 is 10.6 Å². The number of rotatable bonds is 4. The Balaban J connectivity index is 1.73. The van der Waals surface area contributed by atoms with E-state index in [-0.39, 0.29) is 23.3 Å². The number of amides is 1. The molecule has 0 bridgehead atoms. The van der Waals surface area contributed by atoms with Crippen molar-refractivity contribution in [1.29, 1.82) is 0 Å². The van der Waals surface area contributed by atoms with Crippen molar-refractivity contribution in [3.63, 3.8) is 0 Å². The highest BCUT2D eigenvalue weighted by Gasteiger charge is 2.24. The molecule has 1 fully saturated rings. The number of halogens is 2. The first-order valence-corrected chi connectivity index (χ1v) is 6.61. The molecule has 0 aliphatic heterocycles. The number of pyridine rings is 1. The van der Waals surface area contributed by atoms with Crippen LogP contribution in [0.2, 0.25) is 0 Å². The molecule has 0 saturated heterocycles. The zero-order valence-corrected chi connectivity index (χ0v) is 11.1. The standard InChI is InChI=1S/C15H13F2N3O/c16-11-2-1-3-12(17)14(11)19-10-6-7-13(18-8-10)15(21)20-9-4-5-9/h1-3,6-9,19H,4-5H2,(H,20,21). The fourth-order valence-electron chi connectivity index (χ4n) is 1.85. The molecule has 21 heavy (non-hydrogen) atoms. The second kappa shape index (κ2) is 5.47. The van der Waals surface area contributed by atoms with Crippen LogP contribution >= 0.6 is 0 Å². The Morgan fingerprint density at radius 3 is 2.43 bits per heavy atom. The highest BCUT2D eigenvalue weighted by atomic mass is 19.1. The molecule has 6 heteroatoms. The van der Waals surface area contributed by atoms with Gasteiger partial charge in [0, 0.05) is 6.04 Å². The van der Waals surface area contributed by atoms with E-state index in [4.69, 9.17) is 0 Å². The van der Waals surface area contributed by atoms with Crippen LogP contribution in [0, 0.1) is 11.6 Å². The van der Waals surface area contributed by atoms with E-state index in [0.29, 0.717) is 5.69 Å². The number of carbonyl (C=O) groups is 1. The largest absolute Gasteiger partial charge is 0.349 e. The summed E-state index contributed by atoms with van der Waals surface area (Å²) in [7, 11) is 0. The summed E-state index contributed by atoms with van der Waals surface area (Å²) in [5.41, 5.74) is 0.443. The Morgan fingerprint density at radius 1 is 1.14 bits per heavy atom. The molecular weight excluding hydrogens is 276 g/mol. The zero-order valence-electron chi connectivity index (χ0n) is 11.1. The van der Waals surface area contributed by atoms with E-state index in [0.717, 1.165) is 25.0 Å². The number of hydrogen-bond acceptors (Lipinski definition) is 3. The Bertz CT molecular complexity index is 649. The number of nitrogens with one attached hydrogen (secondary N) is 2. The fourth-order valence-corrected chi connectivity index (χ4v) is 1.85. The smallest absolute Gasteiger partial charge is 0.270 e. The summed E-state index contributed by atoms with van der Waals surface area (Å²) in [6.07, 6.45) is 3.36. The van der Waals surface area contributed by atoms with E-state index in [1.165, 1.54) is 18.3 Å². The number of aromatic nitrogens is 1. The molecule has 2 aromatic rings. The van der Waals surface area contributed by atoms with Crippen LogP contribution in [0.3, 0.4) is 0 Å². The van der Waals surface area contributed by atoms with Gasteiger partial charge in [0.25, 0.3) is 5.91 Å². The first kappa shape index (κ1) is 13.5. The van der Waals surface area contributed by atoms with E-state index >= 15 is 0 Å². The maximum absolute atomic E-state index is 13.5. The third-order valence-electron chi connectivity index (χ3n) is 3.14. The molecular formula is C15H13F2N3O. The summed E-state index contributed by atoms with van der Waals surface area (Å²) in [6, 6.07) is 6.94. The first-order valence-electron chi connectivity index (χ1n) is 6.61. The van der Waals surface area contributed by atoms with Crippen molar-refractivity contribution in [2.24, 2.45) is 0 Å². The molecule has 2 N–H and O–H groups in total. The SMILES string of the molecule is O=C(NC1CC1)c1ccc(Nc2c(F)cccc2F)cn1. The van der Waals surface area contributed by atoms with E-state index < -0.39 is 11.6 Å². The molecule has 1 saturated carbocycles. The molecule has 1 heterocycles. The molecule has 1 amide bonds. The minimum Gasteiger partial charge on any atom is -0.349 e. The third kappa shape index (κ3) is 3.16. The van der Waals surface area contributed by atoms with Crippen molar-refractivity contribution >= 4 is 17.3 Å². The Morgan fingerprint density at radius 2 is 1.86 bits per heavy atom. The number of hydrogen-bond donors (Lipinski definition) is 2. The number of para-hydroxylation sites is 1. The highest BCUT2D eigenvalue weighted by molar-refractivity contribution is 5.92. The molecule has 108 valence electrons. The summed E-state index contributed by atoms with van der Waals surface area (Å²) in [5, 5.41) is 5.43. The van der Waals surface area contributed by atoms with Crippen LogP contribution in [0.25, 0.3) is 0 Å². The quantitative estimate of drug-likeness (QED) is 0.909. The Labute approximate surface area is 120 Å². The zero-order chi connectivity index (χ0) is 14.8. The summed E-state index contributed by atoms with van der Waals surface area (Å²) in [5.74, 6) is -1.61. The van der Waals surface area contributed by atoms with Gasteiger partial charge in [-0.05, 0) is 37.1 Å². The van der Waals surface area contributed by atoms with Crippen LogP contribution in [0.5, 0.6) is 0 Å². The Kier molecular flexibility index (Phi) is 3.51. The lowest BCUT2D eigenvalue weighted by atomic mass is 10.2. The van der Waals surface area contributed by atoms with Crippen molar-refractivity contribution in [3.8, 4) is 0 Å². The predicted octanol–water partition coefficient (Wildman–Crippen LogP) is 3.00. The lowest BCUT2D eigenvalue weighted by molar-refractivity contribution is 0.0946. The summed E-state index contributed by atoms with van der Waals surface area (Å²) < 4.78 is 27.0. The van der Waals surface area contributed by atoms with Gasteiger partial charge in [-0.25, -0.2) is 13.8 Å². The van der Waals surface area contributed by atoms with Crippen LogP contribution in [-0.2, 0) is 0 Å². The van der Waals surface area contributed by atoms with Gasteiger partial charge >= 0.3 is 0 Å². The first-order chi connectivity index (χ1) is 10.1. The summed E-state index contributed by atoms with van der Waals surface area (Å²) in [6.45, 7) is 0. The minimum atomic E-state index is -0.689. The van der Waals surface area contributed by atoms with Crippen molar-refractivity contribution in [2.75, 3.05) is 5.32 Å². The van der Waals surface area contributed by atoms with Gasteiger partial charge in [-0.15, -0.1) is 0 Å². The number of benzene rings is 1. The van der Waals surface area contributed by atoms with Gasteiger partial charge in [-0.3, -0.25) is 4.79 Å². The maximum atomic E-state index is 13.5. The van der Waals surface area contributed by atoms with Crippen molar-refractivity contribution in [3.05, 3.63) is 53.9 Å². The van der Waals surface area contributed by atoms with E-state index in [1.807, 2.05) is 0 Å². The van der Waals surface area contributed by atoms with E-state index in [9.17, 15) is 13.6 Å². The van der Waals surface area contributed by atoms with Crippen molar-refractivity contribution < 1.29 is 13.6 Å². The number of nitrogens with zero attached hydrogens (tertiary/aromatic N) is 1. The second-order valence-corrected chi connectivity index (χ2v) is 4.90. The maximum Gasteiger partial charge on any atom is 0.270 e. The van der Waals surface area contributed by atoms with Gasteiger partial charge in [0.1, 0.15) is 23.0 Å². The van der Waals surface area contributed by atoms with Crippen LogP contribution in [-0.4, -0.2) is 16.9 Å². The van der Waals surface area contributed by atoms with Crippen molar-refractivity contribution in [2.45, 2.75) is 18.9 Å². The molecule has 4 nitrogen and oxygen atoms in total. The molecule has 0 atom stereocenters. The summed E-state index contributed by atoms with van der Waals surface area (Å²) >= 11 is 0. The monoisotopic (exact) mass is 289 g/mol. The molecule has 0 spiro atoms. The van der Waals surface area contributed by atoms with E-state index in [2.05, 4.69) is 15.6 Å². The molecule has 0 radical (unpaired) electrons. The van der Waals surface area contributed by atoms with Crippen LogP contribution in [0.4, 0.5) is 20.2 Å². The molecule has 1 aliphatic carbocycles. The topological polar surface area (TPSA) is 54.0 Å². The van der Waals surface area contributed by atoms with Gasteiger partial charge in [0.15, 0.2) is 0 Å². The fraction of sp³-hybridized carbons (Fsp3) is 0.200. The average molecular weight is 289 g/mol. The normalized spacial score (nSPS) is 13.8. The molecule has 1 aromatic heterocycles. The average Bonchev–Trinajstić information content (AvgIpc) is 3.28. The minimum absolute atomic E-state index is 0.235. The van der Waals surface area contributed by atoms with Crippen molar-refractivity contribution in [1.82, 2.24) is 10.3 Å². The number of anilines is 2.